The van der Waals surface area contributed by atoms with Crippen molar-refractivity contribution < 1.29 is 0 Å². The minimum atomic E-state index is 0.504. The minimum absolute atomic E-state index is 0.504. The highest BCUT2D eigenvalue weighted by molar-refractivity contribution is 5.86. The van der Waals surface area contributed by atoms with E-state index in [2.05, 4.69) is 27.1 Å². The number of rotatable bonds is 1. The molecule has 3 rings (SSSR count). The van der Waals surface area contributed by atoms with Crippen LogP contribution in [0, 0.1) is 0 Å². The third kappa shape index (κ3) is 1.76. The molecule has 2 aromatic rings. The largest absolute Gasteiger partial charge is 0.352 e. The summed E-state index contributed by atoms with van der Waals surface area (Å²) in [6.45, 7) is 5.19. The summed E-state index contributed by atoms with van der Waals surface area (Å²) in [5.41, 5.74) is 2.14. The van der Waals surface area contributed by atoms with E-state index in [4.69, 9.17) is 0 Å². The van der Waals surface area contributed by atoms with Crippen LogP contribution in [0.4, 0.5) is 5.82 Å². The number of nitrogens with one attached hydrogen (secondary N) is 1. The number of imidazole rings is 1. The van der Waals surface area contributed by atoms with Gasteiger partial charge in [0.1, 0.15) is 5.52 Å². The molecule has 0 amide bonds. The average Bonchev–Trinajstić information content (AvgIpc) is 2.71. The summed E-state index contributed by atoms with van der Waals surface area (Å²) in [5, 5.41) is 3.44. The lowest BCUT2D eigenvalue weighted by atomic mass is 10.2. The van der Waals surface area contributed by atoms with Crippen molar-refractivity contribution >= 4 is 16.9 Å². The van der Waals surface area contributed by atoms with E-state index >= 15 is 0 Å². The molecule has 1 N–H and O–H groups in total. The summed E-state index contributed by atoms with van der Waals surface area (Å²) in [5.74, 6) is 1.01. The Hall–Kier alpha value is -1.62. The number of hydrogen-bond acceptors (Lipinski definition) is 4. The molecule has 17 heavy (non-hydrogen) atoms. The first kappa shape index (κ1) is 10.5. The molecule has 0 unspecified atom stereocenters. The third-order valence-corrected chi connectivity index (χ3v) is 3.29. The number of piperazine rings is 1. The molecule has 0 saturated carbocycles. The Morgan fingerprint density at radius 1 is 1.41 bits per heavy atom. The summed E-state index contributed by atoms with van der Waals surface area (Å²) < 4.78 is 2.03. The van der Waals surface area contributed by atoms with Gasteiger partial charge in [0.05, 0.1) is 11.8 Å². The van der Waals surface area contributed by atoms with E-state index in [0.29, 0.717) is 6.04 Å². The summed E-state index contributed by atoms with van der Waals surface area (Å²) >= 11 is 0. The molecule has 2 aromatic heterocycles. The molecule has 1 atom stereocenters. The molecule has 1 saturated heterocycles. The number of aromatic nitrogens is 3. The lowest BCUT2D eigenvalue weighted by molar-refractivity contribution is 0.483. The second kappa shape index (κ2) is 4.00. The van der Waals surface area contributed by atoms with Crippen LogP contribution in [0.25, 0.3) is 11.0 Å². The van der Waals surface area contributed by atoms with Gasteiger partial charge in [0, 0.05) is 38.9 Å². The van der Waals surface area contributed by atoms with Gasteiger partial charge in [0.25, 0.3) is 0 Å². The molecule has 0 radical (unpaired) electrons. The van der Waals surface area contributed by atoms with Crippen LogP contribution in [0.5, 0.6) is 0 Å². The molecule has 1 fully saturated rings. The lowest BCUT2D eigenvalue weighted by Gasteiger charge is -2.32. The maximum Gasteiger partial charge on any atom is 0.156 e. The van der Waals surface area contributed by atoms with Crippen LogP contribution >= 0.6 is 0 Å². The van der Waals surface area contributed by atoms with Gasteiger partial charge in [-0.05, 0) is 13.0 Å². The van der Waals surface area contributed by atoms with Gasteiger partial charge in [-0.3, -0.25) is 0 Å². The third-order valence-electron chi connectivity index (χ3n) is 3.29. The van der Waals surface area contributed by atoms with Crippen LogP contribution in [-0.4, -0.2) is 40.2 Å². The van der Waals surface area contributed by atoms with Gasteiger partial charge in [0.2, 0.25) is 0 Å². The second-order valence-corrected chi connectivity index (χ2v) is 4.66. The predicted molar refractivity (Wildman–Crippen MR) is 68.2 cm³/mol. The van der Waals surface area contributed by atoms with Gasteiger partial charge in [0.15, 0.2) is 5.82 Å². The number of aryl methyl sites for hydroxylation is 1. The fourth-order valence-corrected chi connectivity index (χ4v) is 2.40. The topological polar surface area (TPSA) is 46.0 Å². The van der Waals surface area contributed by atoms with Crippen molar-refractivity contribution in [2.45, 2.75) is 13.0 Å². The minimum Gasteiger partial charge on any atom is -0.352 e. The van der Waals surface area contributed by atoms with Crippen molar-refractivity contribution in [1.29, 1.82) is 0 Å². The standard InChI is InChI=1S/C12H17N5/c1-9-7-17(6-5-13-9)12-11-10(3-4-14-12)16(2)8-15-11/h3-4,8-9,13H,5-7H2,1-2H3/t9-/m0/s1. The molecule has 1 aliphatic heterocycles. The van der Waals surface area contributed by atoms with Gasteiger partial charge in [-0.25, -0.2) is 9.97 Å². The molecule has 90 valence electrons. The Kier molecular flexibility index (Phi) is 2.48. The number of nitrogens with zero attached hydrogens (tertiary/aromatic N) is 4. The summed E-state index contributed by atoms with van der Waals surface area (Å²) in [7, 11) is 2.01. The first-order chi connectivity index (χ1) is 8.25. The highest BCUT2D eigenvalue weighted by atomic mass is 15.2. The zero-order valence-electron chi connectivity index (χ0n) is 10.2. The highest BCUT2D eigenvalue weighted by Gasteiger charge is 2.19. The summed E-state index contributed by atoms with van der Waals surface area (Å²) in [4.78, 5) is 11.3. The van der Waals surface area contributed by atoms with Crippen LogP contribution in [0.1, 0.15) is 6.92 Å². The molecule has 0 spiro atoms. The molecular formula is C12H17N5. The van der Waals surface area contributed by atoms with Crippen molar-refractivity contribution in [2.75, 3.05) is 24.5 Å². The van der Waals surface area contributed by atoms with E-state index in [9.17, 15) is 0 Å². The maximum atomic E-state index is 4.50. The van der Waals surface area contributed by atoms with E-state index < -0.39 is 0 Å². The van der Waals surface area contributed by atoms with Gasteiger partial charge < -0.3 is 14.8 Å². The molecule has 5 nitrogen and oxygen atoms in total. The Bertz CT molecular complexity index is 533. The SMILES string of the molecule is C[C@H]1CN(c2nccc3c2ncn3C)CCN1. The second-order valence-electron chi connectivity index (χ2n) is 4.66. The van der Waals surface area contributed by atoms with Gasteiger partial charge >= 0.3 is 0 Å². The smallest absolute Gasteiger partial charge is 0.156 e. The first-order valence-electron chi connectivity index (χ1n) is 6.00. The lowest BCUT2D eigenvalue weighted by Crippen LogP contribution is -2.49. The van der Waals surface area contributed by atoms with Crippen LogP contribution in [0.2, 0.25) is 0 Å². The Labute approximate surface area is 100 Å². The first-order valence-corrected chi connectivity index (χ1v) is 6.00. The zero-order chi connectivity index (χ0) is 11.8. The van der Waals surface area contributed by atoms with E-state index in [1.165, 1.54) is 0 Å². The van der Waals surface area contributed by atoms with Crippen molar-refractivity contribution in [3.8, 4) is 0 Å². The van der Waals surface area contributed by atoms with E-state index in [1.807, 2.05) is 30.2 Å². The Morgan fingerprint density at radius 2 is 2.29 bits per heavy atom. The molecule has 0 aromatic carbocycles. The summed E-state index contributed by atoms with van der Waals surface area (Å²) in [6, 6.07) is 2.52. The predicted octanol–water partition coefficient (Wildman–Crippen LogP) is 0.766. The van der Waals surface area contributed by atoms with Crippen LogP contribution in [0.3, 0.4) is 0 Å². The number of hydrogen-bond donors (Lipinski definition) is 1. The Morgan fingerprint density at radius 3 is 3.12 bits per heavy atom. The molecule has 1 aliphatic rings. The monoisotopic (exact) mass is 231 g/mol. The van der Waals surface area contributed by atoms with Crippen molar-refractivity contribution in [2.24, 2.45) is 7.05 Å². The quantitative estimate of drug-likeness (QED) is 0.787. The van der Waals surface area contributed by atoms with E-state index in [0.717, 1.165) is 36.5 Å². The number of fused-ring (bicyclic) bond motifs is 1. The normalized spacial score (nSPS) is 21.1. The molecular weight excluding hydrogens is 214 g/mol. The Balaban J connectivity index is 2.04. The van der Waals surface area contributed by atoms with Crippen LogP contribution in [-0.2, 0) is 7.05 Å². The fraction of sp³-hybridized carbons (Fsp3) is 0.500. The molecule has 0 aliphatic carbocycles. The van der Waals surface area contributed by atoms with Crippen molar-refractivity contribution in [3.05, 3.63) is 18.6 Å². The van der Waals surface area contributed by atoms with Crippen molar-refractivity contribution in [1.82, 2.24) is 19.9 Å². The number of anilines is 1. The van der Waals surface area contributed by atoms with E-state index in [1.54, 1.807) is 0 Å². The summed E-state index contributed by atoms with van der Waals surface area (Å²) in [6.07, 6.45) is 3.72. The van der Waals surface area contributed by atoms with E-state index in [-0.39, 0.29) is 0 Å². The fourth-order valence-electron chi connectivity index (χ4n) is 2.40. The van der Waals surface area contributed by atoms with Crippen LogP contribution < -0.4 is 10.2 Å². The van der Waals surface area contributed by atoms with Crippen LogP contribution in [0.15, 0.2) is 18.6 Å². The highest BCUT2D eigenvalue weighted by Crippen LogP contribution is 2.23. The molecule has 0 bridgehead atoms. The molecule has 3 heterocycles. The van der Waals surface area contributed by atoms with Gasteiger partial charge in [-0.2, -0.15) is 0 Å². The maximum absolute atomic E-state index is 4.50. The number of pyridine rings is 1. The van der Waals surface area contributed by atoms with Crippen molar-refractivity contribution in [3.63, 3.8) is 0 Å². The molecule has 5 heteroatoms. The van der Waals surface area contributed by atoms with Gasteiger partial charge in [-0.15, -0.1) is 0 Å². The average molecular weight is 231 g/mol. The van der Waals surface area contributed by atoms with Gasteiger partial charge in [-0.1, -0.05) is 0 Å². The zero-order valence-corrected chi connectivity index (χ0v) is 10.2.